The number of hydrogen-bond donors (Lipinski definition) is 2. The predicted octanol–water partition coefficient (Wildman–Crippen LogP) is 4.62. The van der Waals surface area contributed by atoms with Gasteiger partial charge in [-0.15, -0.1) is 0 Å². The Kier molecular flexibility index (Phi) is 5.36. The molecular formula is C28H30N4O2. The van der Waals surface area contributed by atoms with Crippen LogP contribution in [0.2, 0.25) is 0 Å². The van der Waals surface area contributed by atoms with Gasteiger partial charge in [-0.3, -0.25) is 9.59 Å². The molecule has 0 atom stereocenters. The number of amides is 2. The summed E-state index contributed by atoms with van der Waals surface area (Å²) in [6.45, 7) is 1.28. The summed E-state index contributed by atoms with van der Waals surface area (Å²) in [6, 6.07) is 16.6. The molecule has 2 amide bonds. The molecule has 0 aliphatic carbocycles. The van der Waals surface area contributed by atoms with Crippen molar-refractivity contribution in [2.45, 2.75) is 44.7 Å². The quantitative estimate of drug-likeness (QED) is 0.446. The highest BCUT2D eigenvalue weighted by Crippen LogP contribution is 2.35. The van der Waals surface area contributed by atoms with Crippen molar-refractivity contribution >= 4 is 33.6 Å². The van der Waals surface area contributed by atoms with Gasteiger partial charge in [-0.05, 0) is 54.9 Å². The second-order valence-electron chi connectivity index (χ2n) is 9.64. The van der Waals surface area contributed by atoms with Crippen LogP contribution in [0.3, 0.4) is 0 Å². The first-order chi connectivity index (χ1) is 16.7. The Hall–Kier alpha value is -3.54. The summed E-state index contributed by atoms with van der Waals surface area (Å²) in [4.78, 5) is 36.9. The van der Waals surface area contributed by atoms with Gasteiger partial charge in [-0.1, -0.05) is 36.4 Å². The van der Waals surface area contributed by atoms with Crippen LogP contribution in [-0.4, -0.2) is 50.8 Å². The van der Waals surface area contributed by atoms with Crippen LogP contribution in [0.15, 0.2) is 60.9 Å². The number of hydrogen-bond acceptors (Lipinski definition) is 2. The molecule has 4 heterocycles. The van der Waals surface area contributed by atoms with E-state index >= 15 is 0 Å². The number of carbonyl (C=O) groups is 2. The van der Waals surface area contributed by atoms with Crippen LogP contribution in [0.4, 0.5) is 0 Å². The number of H-pyrrole nitrogens is 2. The molecule has 174 valence electrons. The van der Waals surface area contributed by atoms with Gasteiger partial charge in [0, 0.05) is 60.1 Å². The van der Waals surface area contributed by atoms with Crippen LogP contribution in [0, 0.1) is 5.92 Å². The second kappa shape index (κ2) is 8.67. The van der Waals surface area contributed by atoms with Crippen LogP contribution in [0.25, 0.3) is 21.8 Å². The molecule has 6 rings (SSSR count). The number of carbonyl (C=O) groups excluding carboxylic acids is 2. The van der Waals surface area contributed by atoms with E-state index in [0.29, 0.717) is 31.8 Å². The van der Waals surface area contributed by atoms with Crippen molar-refractivity contribution in [1.29, 1.82) is 0 Å². The van der Waals surface area contributed by atoms with Crippen LogP contribution in [-0.2, 0) is 22.4 Å². The number of benzene rings is 2. The minimum Gasteiger partial charge on any atom is -0.361 e. The minimum absolute atomic E-state index is 0.127. The third-order valence-electron chi connectivity index (χ3n) is 7.75. The minimum atomic E-state index is -0.127. The molecular weight excluding hydrogens is 424 g/mol. The molecule has 6 nitrogen and oxygen atoms in total. The van der Waals surface area contributed by atoms with Crippen molar-refractivity contribution in [2.75, 3.05) is 13.1 Å². The van der Waals surface area contributed by atoms with Crippen molar-refractivity contribution in [3.05, 3.63) is 72.1 Å². The molecule has 2 aliphatic heterocycles. The molecule has 4 aromatic rings. The van der Waals surface area contributed by atoms with Gasteiger partial charge in [0.15, 0.2) is 0 Å². The summed E-state index contributed by atoms with van der Waals surface area (Å²) < 4.78 is 0. The van der Waals surface area contributed by atoms with E-state index in [4.69, 9.17) is 0 Å². The van der Waals surface area contributed by atoms with Crippen LogP contribution in [0.5, 0.6) is 0 Å². The summed E-state index contributed by atoms with van der Waals surface area (Å²) in [5.41, 5.74) is 4.68. The molecule has 2 N–H and O–H groups in total. The number of rotatable bonds is 6. The zero-order valence-corrected chi connectivity index (χ0v) is 19.3. The number of aromatic amines is 2. The zero-order valence-electron chi connectivity index (χ0n) is 19.3. The smallest absolute Gasteiger partial charge is 0.224 e. The van der Waals surface area contributed by atoms with E-state index in [0.717, 1.165) is 36.7 Å². The molecule has 0 spiro atoms. The van der Waals surface area contributed by atoms with E-state index in [9.17, 15) is 9.59 Å². The highest BCUT2D eigenvalue weighted by molar-refractivity contribution is 5.85. The molecule has 2 saturated heterocycles. The number of fused-ring (bicyclic) bond motifs is 3. The Balaban J connectivity index is 1.23. The summed E-state index contributed by atoms with van der Waals surface area (Å²) in [5, 5.41) is 2.42. The first kappa shape index (κ1) is 21.0. The third kappa shape index (κ3) is 3.67. The number of nitrogens with zero attached hydrogens (tertiary/aromatic N) is 2. The average molecular weight is 455 g/mol. The van der Waals surface area contributed by atoms with Gasteiger partial charge in [0.05, 0.1) is 0 Å². The fraction of sp³-hybridized carbons (Fsp3) is 0.357. The van der Waals surface area contributed by atoms with E-state index in [1.54, 1.807) is 0 Å². The Labute approximate surface area is 198 Å². The summed E-state index contributed by atoms with van der Waals surface area (Å²) >= 11 is 0. The molecule has 2 aromatic carbocycles. The molecule has 0 saturated carbocycles. The molecule has 2 aromatic heterocycles. The summed E-state index contributed by atoms with van der Waals surface area (Å²) in [6.07, 6.45) is 8.46. The van der Waals surface area contributed by atoms with E-state index < -0.39 is 0 Å². The standard InChI is InChI=1S/C28H30N4O2/c33-26-11-9-19-10-12-27(34)32(16-14-21-18-30-25-8-4-2-6-23(21)25)28(19)31(26)15-13-20-17-29-24-7-3-1-5-22(20)24/h1-8,17-19,28-30H,9-16H2. The van der Waals surface area contributed by atoms with Gasteiger partial charge in [0.2, 0.25) is 11.8 Å². The first-order valence-corrected chi connectivity index (χ1v) is 12.4. The van der Waals surface area contributed by atoms with Gasteiger partial charge in [0.25, 0.3) is 0 Å². The predicted molar refractivity (Wildman–Crippen MR) is 133 cm³/mol. The Morgan fingerprint density at radius 1 is 0.706 bits per heavy atom. The van der Waals surface area contributed by atoms with Crippen LogP contribution < -0.4 is 0 Å². The van der Waals surface area contributed by atoms with Crippen LogP contribution in [0.1, 0.15) is 36.8 Å². The number of nitrogens with one attached hydrogen (secondary N) is 2. The molecule has 0 radical (unpaired) electrons. The molecule has 2 aliphatic rings. The lowest BCUT2D eigenvalue weighted by atomic mass is 9.85. The van der Waals surface area contributed by atoms with Gasteiger partial charge in [-0.2, -0.15) is 0 Å². The van der Waals surface area contributed by atoms with E-state index in [1.807, 2.05) is 34.1 Å². The van der Waals surface area contributed by atoms with E-state index in [2.05, 4.69) is 46.6 Å². The van der Waals surface area contributed by atoms with Crippen molar-refractivity contribution < 1.29 is 9.59 Å². The van der Waals surface area contributed by atoms with Gasteiger partial charge in [0.1, 0.15) is 6.17 Å². The Morgan fingerprint density at radius 3 is 1.68 bits per heavy atom. The highest BCUT2D eigenvalue weighted by atomic mass is 16.2. The molecule has 34 heavy (non-hydrogen) atoms. The van der Waals surface area contributed by atoms with Crippen LogP contribution >= 0.6 is 0 Å². The second-order valence-corrected chi connectivity index (χ2v) is 9.64. The average Bonchev–Trinajstić information content (AvgIpc) is 3.47. The van der Waals surface area contributed by atoms with Gasteiger partial charge < -0.3 is 19.8 Å². The molecule has 0 unspecified atom stereocenters. The zero-order chi connectivity index (χ0) is 23.1. The topological polar surface area (TPSA) is 72.2 Å². The summed E-state index contributed by atoms with van der Waals surface area (Å²) in [7, 11) is 0. The highest BCUT2D eigenvalue weighted by Gasteiger charge is 2.43. The lowest BCUT2D eigenvalue weighted by molar-refractivity contribution is -0.160. The van der Waals surface area contributed by atoms with Crippen molar-refractivity contribution in [1.82, 2.24) is 19.8 Å². The van der Waals surface area contributed by atoms with Crippen molar-refractivity contribution in [2.24, 2.45) is 5.92 Å². The molecule has 6 heteroatoms. The lowest BCUT2D eigenvalue weighted by Gasteiger charge is -2.49. The van der Waals surface area contributed by atoms with Crippen molar-refractivity contribution in [3.63, 3.8) is 0 Å². The Morgan fingerprint density at radius 2 is 1.18 bits per heavy atom. The van der Waals surface area contributed by atoms with Crippen molar-refractivity contribution in [3.8, 4) is 0 Å². The number of likely N-dealkylation sites (tertiary alicyclic amines) is 2. The lowest BCUT2D eigenvalue weighted by Crippen LogP contribution is -2.62. The maximum Gasteiger partial charge on any atom is 0.224 e. The largest absolute Gasteiger partial charge is 0.361 e. The first-order valence-electron chi connectivity index (χ1n) is 12.4. The number of piperidine rings is 2. The fourth-order valence-corrected chi connectivity index (χ4v) is 5.99. The fourth-order valence-electron chi connectivity index (χ4n) is 5.99. The summed E-state index contributed by atoms with van der Waals surface area (Å²) in [5.74, 6) is 0.710. The number of aromatic nitrogens is 2. The maximum absolute atomic E-state index is 13.1. The monoisotopic (exact) mass is 454 g/mol. The van der Waals surface area contributed by atoms with Gasteiger partial charge >= 0.3 is 0 Å². The van der Waals surface area contributed by atoms with E-state index in [-0.39, 0.29) is 18.0 Å². The molecule has 2 fully saturated rings. The molecule has 0 bridgehead atoms. The Bertz CT molecular complexity index is 1250. The number of para-hydroxylation sites is 2. The van der Waals surface area contributed by atoms with Gasteiger partial charge in [-0.25, -0.2) is 0 Å². The van der Waals surface area contributed by atoms with E-state index in [1.165, 1.54) is 21.9 Å². The normalized spacial score (nSPS) is 20.9. The maximum atomic E-state index is 13.1. The SMILES string of the molecule is O=C1CCC2CCC(=O)N(CCc3c[nH]c4ccccc34)C2N1CCc1c[nH]c2ccccc12. The third-order valence-corrected chi connectivity index (χ3v) is 7.75.